The molecule has 0 aliphatic carbocycles. The van der Waals surface area contributed by atoms with Gasteiger partial charge in [-0.2, -0.15) is 4.31 Å². The Bertz CT molecular complexity index is 544. The highest BCUT2D eigenvalue weighted by atomic mass is 35.5. The molecule has 0 aromatic heterocycles. The van der Waals surface area contributed by atoms with E-state index in [0.29, 0.717) is 5.02 Å². The van der Waals surface area contributed by atoms with Gasteiger partial charge in [0.25, 0.3) is 0 Å². The molecule has 0 N–H and O–H groups in total. The Balaban J connectivity index is 2.93. The molecule has 7 heteroatoms. The highest BCUT2D eigenvalue weighted by Crippen LogP contribution is 2.19. The van der Waals surface area contributed by atoms with Crippen molar-refractivity contribution >= 4 is 27.6 Å². The first kappa shape index (κ1) is 15.9. The summed E-state index contributed by atoms with van der Waals surface area (Å²) in [6, 6.07) is 6.04. The largest absolute Gasteiger partial charge is 0.469 e. The Morgan fingerprint density at radius 3 is 2.63 bits per heavy atom. The number of halogens is 1. The third kappa shape index (κ3) is 4.19. The molecule has 1 aromatic rings. The van der Waals surface area contributed by atoms with Crippen LogP contribution in [0, 0.1) is 0 Å². The summed E-state index contributed by atoms with van der Waals surface area (Å²) in [6.45, 7) is 2.06. The van der Waals surface area contributed by atoms with Crippen LogP contribution in [0.15, 0.2) is 29.2 Å². The maximum Gasteiger partial charge on any atom is 0.306 e. The van der Waals surface area contributed by atoms with Crippen LogP contribution in [0.4, 0.5) is 0 Å². The van der Waals surface area contributed by atoms with Crippen LogP contribution in [0.5, 0.6) is 0 Å². The minimum absolute atomic E-state index is 0.0180. The molecule has 5 nitrogen and oxygen atoms in total. The number of ether oxygens (including phenoxy) is 1. The highest BCUT2D eigenvalue weighted by Gasteiger charge is 2.23. The van der Waals surface area contributed by atoms with Crippen molar-refractivity contribution in [2.75, 3.05) is 20.2 Å². The molecule has 0 aliphatic heterocycles. The molecule has 106 valence electrons. The molecular formula is C12H16ClNO4S. The van der Waals surface area contributed by atoms with E-state index < -0.39 is 16.0 Å². The molecule has 0 bridgehead atoms. The van der Waals surface area contributed by atoms with Crippen LogP contribution < -0.4 is 0 Å². The Kier molecular flexibility index (Phi) is 5.78. The third-order valence-electron chi connectivity index (χ3n) is 2.58. The second kappa shape index (κ2) is 6.88. The lowest BCUT2D eigenvalue weighted by Gasteiger charge is -2.20. The lowest BCUT2D eigenvalue weighted by Crippen LogP contribution is -2.33. The van der Waals surface area contributed by atoms with Gasteiger partial charge in [-0.1, -0.05) is 24.6 Å². The second-order valence-corrected chi connectivity index (χ2v) is 6.15. The number of benzene rings is 1. The number of nitrogens with zero attached hydrogens (tertiary/aromatic N) is 1. The number of hydrogen-bond acceptors (Lipinski definition) is 4. The van der Waals surface area contributed by atoms with E-state index >= 15 is 0 Å². The van der Waals surface area contributed by atoms with E-state index in [1.165, 1.54) is 23.5 Å². The Morgan fingerprint density at radius 2 is 2.11 bits per heavy atom. The molecule has 0 heterocycles. The summed E-state index contributed by atoms with van der Waals surface area (Å²) in [5.41, 5.74) is 0. The quantitative estimate of drug-likeness (QED) is 0.753. The van der Waals surface area contributed by atoms with E-state index in [0.717, 1.165) is 0 Å². The van der Waals surface area contributed by atoms with Gasteiger partial charge in [0.15, 0.2) is 0 Å². The zero-order valence-electron chi connectivity index (χ0n) is 10.8. The number of carbonyl (C=O) groups excluding carboxylic acids is 1. The summed E-state index contributed by atoms with van der Waals surface area (Å²) < 4.78 is 30.4. The Morgan fingerprint density at radius 1 is 1.42 bits per heavy atom. The number of esters is 1. The van der Waals surface area contributed by atoms with Crippen LogP contribution in [0.25, 0.3) is 0 Å². The van der Waals surface area contributed by atoms with Crippen LogP contribution in [-0.4, -0.2) is 38.9 Å². The van der Waals surface area contributed by atoms with E-state index in [1.807, 2.05) is 0 Å². The first-order chi connectivity index (χ1) is 8.91. The van der Waals surface area contributed by atoms with Gasteiger partial charge in [0.1, 0.15) is 0 Å². The summed E-state index contributed by atoms with van der Waals surface area (Å²) in [6.07, 6.45) is 0.0180. The van der Waals surface area contributed by atoms with Gasteiger partial charge in [0, 0.05) is 18.1 Å². The van der Waals surface area contributed by atoms with Crippen molar-refractivity contribution < 1.29 is 17.9 Å². The molecule has 0 saturated carbocycles. The summed E-state index contributed by atoms with van der Waals surface area (Å²) >= 11 is 5.79. The zero-order valence-corrected chi connectivity index (χ0v) is 12.4. The van der Waals surface area contributed by atoms with Crippen molar-refractivity contribution in [1.29, 1.82) is 0 Å². The SMILES string of the molecule is CCN(CCC(=O)OC)S(=O)(=O)c1cccc(Cl)c1. The molecular weight excluding hydrogens is 290 g/mol. The number of hydrogen-bond donors (Lipinski definition) is 0. The minimum Gasteiger partial charge on any atom is -0.469 e. The molecule has 0 spiro atoms. The van der Waals surface area contributed by atoms with Crippen LogP contribution in [-0.2, 0) is 19.6 Å². The average Bonchev–Trinajstić information content (AvgIpc) is 2.38. The first-order valence-electron chi connectivity index (χ1n) is 5.74. The normalized spacial score (nSPS) is 11.6. The molecule has 19 heavy (non-hydrogen) atoms. The number of carbonyl (C=O) groups is 1. The zero-order chi connectivity index (χ0) is 14.5. The first-order valence-corrected chi connectivity index (χ1v) is 7.56. The van der Waals surface area contributed by atoms with Crippen molar-refractivity contribution in [3.05, 3.63) is 29.3 Å². The smallest absolute Gasteiger partial charge is 0.306 e. The molecule has 0 amide bonds. The van der Waals surface area contributed by atoms with E-state index in [2.05, 4.69) is 4.74 Å². The lowest BCUT2D eigenvalue weighted by atomic mass is 10.4. The van der Waals surface area contributed by atoms with Crippen molar-refractivity contribution in [2.24, 2.45) is 0 Å². The number of sulfonamides is 1. The fourth-order valence-corrected chi connectivity index (χ4v) is 3.29. The monoisotopic (exact) mass is 305 g/mol. The molecule has 0 radical (unpaired) electrons. The fraction of sp³-hybridized carbons (Fsp3) is 0.417. The van der Waals surface area contributed by atoms with Crippen LogP contribution in [0.1, 0.15) is 13.3 Å². The van der Waals surface area contributed by atoms with Gasteiger partial charge in [0.2, 0.25) is 10.0 Å². The molecule has 0 fully saturated rings. The van der Waals surface area contributed by atoms with Gasteiger partial charge >= 0.3 is 5.97 Å². The van der Waals surface area contributed by atoms with Crippen LogP contribution in [0.3, 0.4) is 0 Å². The van der Waals surface area contributed by atoms with Crippen LogP contribution in [0.2, 0.25) is 5.02 Å². The summed E-state index contributed by atoms with van der Waals surface area (Å²) in [4.78, 5) is 11.2. The van der Waals surface area contributed by atoms with Gasteiger partial charge in [-0.15, -0.1) is 0 Å². The van der Waals surface area contributed by atoms with Crippen LogP contribution >= 0.6 is 11.6 Å². The van der Waals surface area contributed by atoms with Crippen molar-refractivity contribution in [1.82, 2.24) is 4.31 Å². The maximum atomic E-state index is 12.3. The highest BCUT2D eigenvalue weighted by molar-refractivity contribution is 7.89. The minimum atomic E-state index is -3.64. The fourth-order valence-electron chi connectivity index (χ4n) is 1.54. The Hall–Kier alpha value is -1.11. The van der Waals surface area contributed by atoms with E-state index in [-0.39, 0.29) is 24.4 Å². The molecule has 0 aliphatic rings. The molecule has 0 saturated heterocycles. The predicted molar refractivity (Wildman–Crippen MR) is 72.5 cm³/mol. The lowest BCUT2D eigenvalue weighted by molar-refractivity contribution is -0.140. The van der Waals surface area contributed by atoms with Gasteiger partial charge in [0.05, 0.1) is 18.4 Å². The number of methoxy groups -OCH3 is 1. The molecule has 1 aromatic carbocycles. The van der Waals surface area contributed by atoms with Gasteiger partial charge in [-0.3, -0.25) is 4.79 Å². The van der Waals surface area contributed by atoms with E-state index in [9.17, 15) is 13.2 Å². The van der Waals surface area contributed by atoms with Gasteiger partial charge in [-0.25, -0.2) is 8.42 Å². The average molecular weight is 306 g/mol. The van der Waals surface area contributed by atoms with Gasteiger partial charge in [-0.05, 0) is 18.2 Å². The van der Waals surface area contributed by atoms with E-state index in [1.54, 1.807) is 19.1 Å². The summed E-state index contributed by atoms with van der Waals surface area (Å²) in [7, 11) is -2.37. The summed E-state index contributed by atoms with van der Waals surface area (Å²) in [5, 5.41) is 0.352. The molecule has 0 unspecified atom stereocenters. The maximum absolute atomic E-state index is 12.3. The molecule has 1 rings (SSSR count). The Labute approximate surface area is 118 Å². The van der Waals surface area contributed by atoms with Crippen molar-refractivity contribution in [3.63, 3.8) is 0 Å². The number of rotatable bonds is 6. The van der Waals surface area contributed by atoms with E-state index in [4.69, 9.17) is 11.6 Å². The van der Waals surface area contributed by atoms with Gasteiger partial charge < -0.3 is 4.74 Å². The van der Waals surface area contributed by atoms with Crippen molar-refractivity contribution in [3.8, 4) is 0 Å². The van der Waals surface area contributed by atoms with Crippen molar-refractivity contribution in [2.45, 2.75) is 18.2 Å². The predicted octanol–water partition coefficient (Wildman–Crippen LogP) is 1.91. The molecule has 0 atom stereocenters. The third-order valence-corrected chi connectivity index (χ3v) is 4.78. The second-order valence-electron chi connectivity index (χ2n) is 3.78. The summed E-state index contributed by atoms with van der Waals surface area (Å²) in [5.74, 6) is -0.445. The standard InChI is InChI=1S/C12H16ClNO4S/c1-3-14(8-7-12(15)18-2)19(16,17)11-6-4-5-10(13)9-11/h4-6,9H,3,7-8H2,1-2H3. The topological polar surface area (TPSA) is 63.7 Å².